The fourth-order valence-electron chi connectivity index (χ4n) is 3.01. The van der Waals surface area contributed by atoms with E-state index in [9.17, 15) is 14.7 Å². The summed E-state index contributed by atoms with van der Waals surface area (Å²) < 4.78 is 0. The van der Waals surface area contributed by atoms with Crippen LogP contribution in [-0.4, -0.2) is 17.0 Å². The van der Waals surface area contributed by atoms with Crippen LogP contribution in [0.15, 0.2) is 12.1 Å². The Kier molecular flexibility index (Phi) is 4.50. The van der Waals surface area contributed by atoms with Gasteiger partial charge < -0.3 is 16.2 Å². The highest BCUT2D eigenvalue weighted by atomic mass is 32.1. The SMILES string of the molecule is CC1(C)CCc2sc(NC(=O)c3ccc(CN)s3)c(C(=O)O)c2C1. The van der Waals surface area contributed by atoms with E-state index in [1.54, 1.807) is 6.07 Å². The fourth-order valence-corrected chi connectivity index (χ4v) is 4.99. The van der Waals surface area contributed by atoms with E-state index in [4.69, 9.17) is 5.73 Å². The molecule has 5 nitrogen and oxygen atoms in total. The van der Waals surface area contributed by atoms with Gasteiger partial charge >= 0.3 is 5.97 Å². The summed E-state index contributed by atoms with van der Waals surface area (Å²) in [4.78, 5) is 26.7. The lowest BCUT2D eigenvalue weighted by Gasteiger charge is -2.29. The fraction of sp³-hybridized carbons (Fsp3) is 0.412. The van der Waals surface area contributed by atoms with Gasteiger partial charge in [-0.15, -0.1) is 22.7 Å². The number of nitrogens with two attached hydrogens (primary N) is 1. The van der Waals surface area contributed by atoms with E-state index < -0.39 is 5.97 Å². The molecule has 0 radical (unpaired) electrons. The first-order valence-corrected chi connectivity index (χ1v) is 9.42. The Morgan fingerprint density at radius 2 is 2.08 bits per heavy atom. The maximum atomic E-state index is 12.4. The first-order valence-electron chi connectivity index (χ1n) is 7.79. The molecule has 0 atom stereocenters. The standard InChI is InChI=1S/C17H20N2O3S2/c1-17(2)6-5-11-10(7-17)13(16(21)22)15(24-11)19-14(20)12-4-3-9(8-18)23-12/h3-4H,5-8,18H2,1-2H3,(H,19,20)(H,21,22). The lowest BCUT2D eigenvalue weighted by Crippen LogP contribution is -2.22. The van der Waals surface area contributed by atoms with Gasteiger partial charge in [-0.3, -0.25) is 4.79 Å². The summed E-state index contributed by atoms with van der Waals surface area (Å²) in [6.45, 7) is 4.69. The number of carboxylic acid groups (broad SMARTS) is 1. The van der Waals surface area contributed by atoms with E-state index in [0.29, 0.717) is 16.4 Å². The predicted molar refractivity (Wildman–Crippen MR) is 97.2 cm³/mol. The highest BCUT2D eigenvalue weighted by Gasteiger charge is 2.33. The van der Waals surface area contributed by atoms with Crippen molar-refractivity contribution in [3.8, 4) is 0 Å². The van der Waals surface area contributed by atoms with Crippen LogP contribution in [0.1, 0.15) is 55.6 Å². The van der Waals surface area contributed by atoms with Crippen LogP contribution in [0.4, 0.5) is 5.00 Å². The second kappa shape index (κ2) is 6.31. The first kappa shape index (κ1) is 17.1. The zero-order chi connectivity index (χ0) is 17.5. The van der Waals surface area contributed by atoms with Gasteiger partial charge in [-0.1, -0.05) is 13.8 Å². The second-order valence-electron chi connectivity index (χ2n) is 6.78. The normalized spacial score (nSPS) is 15.8. The molecule has 1 amide bonds. The van der Waals surface area contributed by atoms with Crippen LogP contribution in [0.2, 0.25) is 0 Å². The molecular formula is C17H20N2O3S2. The van der Waals surface area contributed by atoms with Crippen molar-refractivity contribution < 1.29 is 14.7 Å². The largest absolute Gasteiger partial charge is 0.478 e. The van der Waals surface area contributed by atoms with Gasteiger partial charge in [0.05, 0.1) is 10.4 Å². The van der Waals surface area contributed by atoms with Crippen LogP contribution < -0.4 is 11.1 Å². The third-order valence-electron chi connectivity index (χ3n) is 4.30. The number of aromatic carboxylic acids is 1. The lowest BCUT2D eigenvalue weighted by molar-refractivity contribution is 0.0696. The molecule has 128 valence electrons. The number of fused-ring (bicyclic) bond motifs is 1. The third kappa shape index (κ3) is 3.24. The molecule has 0 bridgehead atoms. The summed E-state index contributed by atoms with van der Waals surface area (Å²) in [5.41, 5.74) is 6.80. The van der Waals surface area contributed by atoms with Gasteiger partial charge in [0.1, 0.15) is 5.00 Å². The van der Waals surface area contributed by atoms with Crippen LogP contribution in [0, 0.1) is 5.41 Å². The quantitative estimate of drug-likeness (QED) is 0.771. The van der Waals surface area contributed by atoms with Crippen molar-refractivity contribution in [2.45, 2.75) is 39.7 Å². The maximum Gasteiger partial charge on any atom is 0.339 e. The molecule has 2 heterocycles. The Bertz CT molecular complexity index is 805. The monoisotopic (exact) mass is 364 g/mol. The molecule has 0 aromatic carbocycles. The number of nitrogens with one attached hydrogen (secondary N) is 1. The molecule has 0 fully saturated rings. The Labute approximate surface area is 148 Å². The minimum absolute atomic E-state index is 0.0866. The van der Waals surface area contributed by atoms with Crippen LogP contribution in [0.5, 0.6) is 0 Å². The molecular weight excluding hydrogens is 344 g/mol. The number of carbonyl (C=O) groups is 2. The van der Waals surface area contributed by atoms with Crippen molar-refractivity contribution >= 4 is 39.6 Å². The van der Waals surface area contributed by atoms with E-state index in [0.717, 1.165) is 34.6 Å². The molecule has 1 aliphatic rings. The highest BCUT2D eigenvalue weighted by Crippen LogP contribution is 2.43. The van der Waals surface area contributed by atoms with Gasteiger partial charge in [0.2, 0.25) is 0 Å². The number of anilines is 1. The molecule has 24 heavy (non-hydrogen) atoms. The number of amides is 1. The van der Waals surface area contributed by atoms with E-state index in [2.05, 4.69) is 19.2 Å². The molecule has 0 saturated carbocycles. The Morgan fingerprint density at radius 1 is 1.33 bits per heavy atom. The van der Waals surface area contributed by atoms with Crippen molar-refractivity contribution in [2.75, 3.05) is 5.32 Å². The van der Waals surface area contributed by atoms with Crippen molar-refractivity contribution in [1.29, 1.82) is 0 Å². The Morgan fingerprint density at radius 3 is 2.71 bits per heavy atom. The smallest absolute Gasteiger partial charge is 0.339 e. The summed E-state index contributed by atoms with van der Waals surface area (Å²) in [6, 6.07) is 3.54. The third-order valence-corrected chi connectivity index (χ3v) is 6.62. The minimum atomic E-state index is -0.977. The molecule has 0 aliphatic heterocycles. The average molecular weight is 364 g/mol. The number of aryl methyl sites for hydroxylation is 1. The summed E-state index contributed by atoms with van der Waals surface area (Å²) in [5.74, 6) is -1.26. The molecule has 0 unspecified atom stereocenters. The van der Waals surface area contributed by atoms with Crippen LogP contribution in [0.25, 0.3) is 0 Å². The van der Waals surface area contributed by atoms with Crippen molar-refractivity contribution in [3.05, 3.63) is 37.9 Å². The maximum absolute atomic E-state index is 12.4. The van der Waals surface area contributed by atoms with E-state index in [1.165, 1.54) is 22.7 Å². The zero-order valence-electron chi connectivity index (χ0n) is 13.6. The number of carboxylic acids is 1. The van der Waals surface area contributed by atoms with Gasteiger partial charge in [0, 0.05) is 16.3 Å². The van der Waals surface area contributed by atoms with Crippen molar-refractivity contribution in [1.82, 2.24) is 0 Å². The summed E-state index contributed by atoms with van der Waals surface area (Å²) in [7, 11) is 0. The van der Waals surface area contributed by atoms with Gasteiger partial charge in [0.15, 0.2) is 0 Å². The molecule has 2 aromatic heterocycles. The molecule has 4 N–H and O–H groups in total. The van der Waals surface area contributed by atoms with Gasteiger partial charge in [-0.25, -0.2) is 4.79 Å². The van der Waals surface area contributed by atoms with E-state index in [-0.39, 0.29) is 16.9 Å². The lowest BCUT2D eigenvalue weighted by atomic mass is 9.76. The number of rotatable bonds is 4. The van der Waals surface area contributed by atoms with Crippen LogP contribution in [0.3, 0.4) is 0 Å². The highest BCUT2D eigenvalue weighted by molar-refractivity contribution is 7.17. The van der Waals surface area contributed by atoms with Crippen molar-refractivity contribution in [2.24, 2.45) is 11.1 Å². The average Bonchev–Trinajstić information content (AvgIpc) is 3.09. The number of carbonyl (C=O) groups excluding carboxylic acids is 1. The number of hydrogen-bond acceptors (Lipinski definition) is 5. The van der Waals surface area contributed by atoms with Gasteiger partial charge in [-0.05, 0) is 42.4 Å². The van der Waals surface area contributed by atoms with Crippen LogP contribution in [-0.2, 0) is 19.4 Å². The van der Waals surface area contributed by atoms with E-state index >= 15 is 0 Å². The molecule has 2 aromatic rings. The van der Waals surface area contributed by atoms with Gasteiger partial charge in [0.25, 0.3) is 5.91 Å². The summed E-state index contributed by atoms with van der Waals surface area (Å²) >= 11 is 2.72. The van der Waals surface area contributed by atoms with Gasteiger partial charge in [-0.2, -0.15) is 0 Å². The molecule has 0 spiro atoms. The van der Waals surface area contributed by atoms with E-state index in [1.807, 2.05) is 6.07 Å². The minimum Gasteiger partial charge on any atom is -0.478 e. The zero-order valence-corrected chi connectivity index (χ0v) is 15.3. The van der Waals surface area contributed by atoms with Crippen LogP contribution >= 0.6 is 22.7 Å². The predicted octanol–water partition coefficient (Wildman–Crippen LogP) is 3.73. The Hall–Kier alpha value is -1.70. The molecule has 0 saturated heterocycles. The Balaban J connectivity index is 1.92. The molecule has 3 rings (SSSR count). The van der Waals surface area contributed by atoms with Crippen molar-refractivity contribution in [3.63, 3.8) is 0 Å². The first-order chi connectivity index (χ1) is 11.3. The topological polar surface area (TPSA) is 92.4 Å². The summed E-state index contributed by atoms with van der Waals surface area (Å²) in [6.07, 6.45) is 2.61. The second-order valence-corrected chi connectivity index (χ2v) is 9.05. The molecule has 7 heteroatoms. The molecule has 1 aliphatic carbocycles. The summed E-state index contributed by atoms with van der Waals surface area (Å²) in [5, 5.41) is 12.9. The number of thiophene rings is 2. The number of hydrogen-bond donors (Lipinski definition) is 3.